The van der Waals surface area contributed by atoms with Crippen molar-refractivity contribution in [3.8, 4) is 0 Å². The Morgan fingerprint density at radius 1 is 1.20 bits per heavy atom. The Morgan fingerprint density at radius 2 is 2.04 bits per heavy atom. The monoisotopic (exact) mass is 363 g/mol. The van der Waals surface area contributed by atoms with E-state index in [-0.39, 0.29) is 11.8 Å². The van der Waals surface area contributed by atoms with Gasteiger partial charge >= 0.3 is 0 Å². The van der Waals surface area contributed by atoms with Gasteiger partial charge in [-0.3, -0.25) is 4.90 Å². The molecule has 0 bridgehead atoms. The van der Waals surface area contributed by atoms with Crippen LogP contribution in [0.15, 0.2) is 24.3 Å². The molecule has 0 aliphatic carbocycles. The molecule has 6 heteroatoms. The molecule has 1 aromatic rings. The molecule has 2 N–H and O–H groups in total. The highest BCUT2D eigenvalue weighted by Gasteiger charge is 2.45. The van der Waals surface area contributed by atoms with Crippen LogP contribution in [0, 0.1) is 5.92 Å². The predicted octanol–water partition coefficient (Wildman–Crippen LogP) is 1.75. The maximum absolute atomic E-state index is 12.9. The summed E-state index contributed by atoms with van der Waals surface area (Å²) in [6, 6.07) is 9.23. The highest BCUT2D eigenvalue weighted by molar-refractivity contribution is 7.89. The minimum atomic E-state index is -3.20. The molecule has 0 unspecified atom stereocenters. The van der Waals surface area contributed by atoms with Gasteiger partial charge in [0.2, 0.25) is 10.0 Å². The van der Waals surface area contributed by atoms with E-state index < -0.39 is 10.0 Å². The SMILES string of the molecule is NCCCS(=O)(=O)N1CCC[C@H]2CN3CCc4ccccc4[C@@H]3C[C@H]21. The molecule has 5 nitrogen and oxygen atoms in total. The maximum Gasteiger partial charge on any atom is 0.214 e. The molecule has 25 heavy (non-hydrogen) atoms. The van der Waals surface area contributed by atoms with Crippen LogP contribution < -0.4 is 5.73 Å². The molecule has 0 radical (unpaired) electrons. The number of hydrogen-bond acceptors (Lipinski definition) is 4. The van der Waals surface area contributed by atoms with Gasteiger partial charge in [-0.2, -0.15) is 4.31 Å². The van der Waals surface area contributed by atoms with Gasteiger partial charge in [-0.05, 0) is 55.7 Å². The van der Waals surface area contributed by atoms with E-state index in [1.165, 1.54) is 11.1 Å². The Labute approximate surface area is 151 Å². The van der Waals surface area contributed by atoms with Crippen LogP contribution in [0.2, 0.25) is 0 Å². The zero-order chi connectivity index (χ0) is 17.4. The first-order chi connectivity index (χ1) is 12.1. The van der Waals surface area contributed by atoms with Crippen molar-refractivity contribution in [2.45, 2.75) is 44.2 Å². The molecule has 1 aromatic carbocycles. The smallest absolute Gasteiger partial charge is 0.214 e. The van der Waals surface area contributed by atoms with E-state index in [2.05, 4.69) is 29.2 Å². The summed E-state index contributed by atoms with van der Waals surface area (Å²) in [5, 5.41) is 0. The fourth-order valence-electron chi connectivity index (χ4n) is 5.08. The lowest BCUT2D eigenvalue weighted by atomic mass is 9.77. The molecule has 3 aliphatic heterocycles. The van der Waals surface area contributed by atoms with Crippen molar-refractivity contribution in [3.63, 3.8) is 0 Å². The Balaban J connectivity index is 1.60. The van der Waals surface area contributed by atoms with Gasteiger partial charge in [0, 0.05) is 31.7 Å². The summed E-state index contributed by atoms with van der Waals surface area (Å²) in [4.78, 5) is 2.60. The molecule has 2 fully saturated rings. The number of hydrogen-bond donors (Lipinski definition) is 1. The van der Waals surface area contributed by atoms with E-state index in [9.17, 15) is 8.42 Å². The van der Waals surface area contributed by atoms with Crippen LogP contribution >= 0.6 is 0 Å². The second kappa shape index (κ2) is 6.99. The fraction of sp³-hybridized carbons (Fsp3) is 0.684. The number of fused-ring (bicyclic) bond motifs is 4. The number of benzene rings is 1. The van der Waals surface area contributed by atoms with Gasteiger partial charge in [-0.25, -0.2) is 8.42 Å². The van der Waals surface area contributed by atoms with Gasteiger partial charge in [0.25, 0.3) is 0 Å². The minimum Gasteiger partial charge on any atom is -0.330 e. The van der Waals surface area contributed by atoms with Crippen molar-refractivity contribution in [2.24, 2.45) is 11.7 Å². The highest BCUT2D eigenvalue weighted by Crippen LogP contribution is 2.43. The van der Waals surface area contributed by atoms with Gasteiger partial charge in [0.1, 0.15) is 0 Å². The summed E-state index contributed by atoms with van der Waals surface area (Å²) in [6.07, 6.45) is 4.73. The normalized spacial score (nSPS) is 30.4. The summed E-state index contributed by atoms with van der Waals surface area (Å²) in [6.45, 7) is 3.25. The predicted molar refractivity (Wildman–Crippen MR) is 99.8 cm³/mol. The second-order valence-corrected chi connectivity index (χ2v) is 9.77. The van der Waals surface area contributed by atoms with Crippen LogP contribution in [0.3, 0.4) is 0 Å². The topological polar surface area (TPSA) is 66.6 Å². The van der Waals surface area contributed by atoms with Gasteiger partial charge in [0.05, 0.1) is 5.75 Å². The van der Waals surface area contributed by atoms with E-state index in [1.54, 1.807) is 0 Å². The van der Waals surface area contributed by atoms with Crippen molar-refractivity contribution in [2.75, 3.05) is 31.9 Å². The van der Waals surface area contributed by atoms with Crippen molar-refractivity contribution >= 4 is 10.0 Å². The molecule has 138 valence electrons. The quantitative estimate of drug-likeness (QED) is 0.885. The zero-order valence-electron chi connectivity index (χ0n) is 14.8. The standard InChI is InChI=1S/C19H29N3O2S/c20-9-4-12-25(23,24)22-10-3-6-16-14-21-11-8-15-5-1-2-7-17(15)19(21)13-18(16)22/h1-2,5,7,16,18-19H,3-4,6,8-14,20H2/t16-,18+,19-/m0/s1. The van der Waals surface area contributed by atoms with Crippen molar-refractivity contribution < 1.29 is 8.42 Å². The number of piperidine rings is 2. The lowest BCUT2D eigenvalue weighted by Gasteiger charge is -2.51. The molecule has 0 aromatic heterocycles. The third kappa shape index (κ3) is 3.25. The fourth-order valence-corrected chi connectivity index (χ4v) is 6.93. The van der Waals surface area contributed by atoms with E-state index in [4.69, 9.17) is 5.73 Å². The van der Waals surface area contributed by atoms with Crippen LogP contribution in [0.4, 0.5) is 0 Å². The molecular formula is C19H29N3O2S. The molecule has 3 aliphatic rings. The van der Waals surface area contributed by atoms with Crippen molar-refractivity contribution in [1.82, 2.24) is 9.21 Å². The van der Waals surface area contributed by atoms with E-state index in [0.717, 1.165) is 38.8 Å². The second-order valence-electron chi connectivity index (χ2n) is 7.73. The number of nitrogens with two attached hydrogens (primary N) is 1. The van der Waals surface area contributed by atoms with Gasteiger partial charge < -0.3 is 5.73 Å². The number of sulfonamides is 1. The molecule has 4 rings (SSSR count). The largest absolute Gasteiger partial charge is 0.330 e. The zero-order valence-corrected chi connectivity index (χ0v) is 15.6. The first-order valence-electron chi connectivity index (χ1n) is 9.61. The Kier molecular flexibility index (Phi) is 4.88. The minimum absolute atomic E-state index is 0.156. The van der Waals surface area contributed by atoms with Gasteiger partial charge in [-0.1, -0.05) is 24.3 Å². The van der Waals surface area contributed by atoms with Crippen LogP contribution in [0.25, 0.3) is 0 Å². The average Bonchev–Trinajstić information content (AvgIpc) is 2.64. The van der Waals surface area contributed by atoms with E-state index >= 15 is 0 Å². The highest BCUT2D eigenvalue weighted by atomic mass is 32.2. The first-order valence-corrected chi connectivity index (χ1v) is 11.2. The van der Waals surface area contributed by atoms with Crippen molar-refractivity contribution in [1.29, 1.82) is 0 Å². The summed E-state index contributed by atoms with van der Waals surface area (Å²) in [5.74, 6) is 0.667. The molecule has 3 heterocycles. The molecule has 3 atom stereocenters. The summed E-state index contributed by atoms with van der Waals surface area (Å²) in [7, 11) is -3.20. The Morgan fingerprint density at radius 3 is 2.88 bits per heavy atom. The maximum atomic E-state index is 12.9. The molecule has 0 spiro atoms. The van der Waals surface area contributed by atoms with Crippen LogP contribution in [-0.2, 0) is 16.4 Å². The lowest BCUT2D eigenvalue weighted by Crippen LogP contribution is -2.57. The van der Waals surface area contributed by atoms with Crippen LogP contribution in [-0.4, -0.2) is 55.6 Å². The van der Waals surface area contributed by atoms with Gasteiger partial charge in [-0.15, -0.1) is 0 Å². The van der Waals surface area contributed by atoms with E-state index in [1.807, 2.05) is 4.31 Å². The Bertz CT molecular complexity index is 721. The number of nitrogens with zero attached hydrogens (tertiary/aromatic N) is 2. The third-order valence-corrected chi connectivity index (χ3v) is 8.26. The summed E-state index contributed by atoms with van der Waals surface area (Å²) < 4.78 is 27.6. The van der Waals surface area contributed by atoms with Crippen LogP contribution in [0.1, 0.15) is 42.9 Å². The van der Waals surface area contributed by atoms with Gasteiger partial charge in [0.15, 0.2) is 0 Å². The van der Waals surface area contributed by atoms with Crippen molar-refractivity contribution in [3.05, 3.63) is 35.4 Å². The summed E-state index contributed by atoms with van der Waals surface area (Å²) in [5.41, 5.74) is 8.40. The molecule has 2 saturated heterocycles. The molecule has 0 saturated carbocycles. The molecule has 0 amide bonds. The van der Waals surface area contributed by atoms with E-state index in [0.29, 0.717) is 31.5 Å². The average molecular weight is 364 g/mol. The first kappa shape index (κ1) is 17.5. The summed E-state index contributed by atoms with van der Waals surface area (Å²) >= 11 is 0. The Hall–Kier alpha value is -0.950. The molecular weight excluding hydrogens is 334 g/mol. The number of rotatable bonds is 4. The lowest BCUT2D eigenvalue weighted by molar-refractivity contribution is 0.0220. The third-order valence-electron chi connectivity index (χ3n) is 6.29. The van der Waals surface area contributed by atoms with Crippen LogP contribution in [0.5, 0.6) is 0 Å².